The van der Waals surface area contributed by atoms with Crippen LogP contribution in [-0.4, -0.2) is 29.2 Å². The number of amides is 1. The van der Waals surface area contributed by atoms with Crippen molar-refractivity contribution in [1.29, 1.82) is 0 Å². The second-order valence-electron chi connectivity index (χ2n) is 4.81. The zero-order chi connectivity index (χ0) is 14.8. The Morgan fingerprint density at radius 2 is 2.35 bits per heavy atom. The molecule has 108 valence electrons. The summed E-state index contributed by atoms with van der Waals surface area (Å²) in [5, 5.41) is 14.9. The lowest BCUT2D eigenvalue weighted by molar-refractivity contribution is -0.133. The highest BCUT2D eigenvalue weighted by Crippen LogP contribution is 2.28. The molecule has 4 N–H and O–H groups in total. The number of benzene rings is 1. The van der Waals surface area contributed by atoms with Crippen LogP contribution >= 0.6 is 11.6 Å². The number of amidine groups is 1. The third kappa shape index (κ3) is 2.86. The molecule has 1 aromatic rings. The molecule has 1 unspecified atom stereocenters. The number of hydrogen-bond acceptors (Lipinski definition) is 4. The fraction of sp³-hybridized carbons (Fsp3) is 0.385. The number of carbonyl (C=O) groups is 1. The molecule has 0 aromatic heterocycles. The first-order chi connectivity index (χ1) is 9.46. The monoisotopic (exact) mass is 297 g/mol. The second-order valence-corrected chi connectivity index (χ2v) is 5.25. The summed E-state index contributed by atoms with van der Waals surface area (Å²) < 4.78 is 5.48. The van der Waals surface area contributed by atoms with Crippen LogP contribution in [0, 0.1) is 0 Å². The first-order valence-electron chi connectivity index (χ1n) is 6.19. The average molecular weight is 298 g/mol. The number of halogens is 1. The van der Waals surface area contributed by atoms with Crippen molar-refractivity contribution in [3.63, 3.8) is 0 Å². The molecule has 0 bridgehead atoms. The molecule has 7 heteroatoms. The molecule has 1 heterocycles. The number of nitrogens with two attached hydrogens (primary N) is 1. The molecule has 20 heavy (non-hydrogen) atoms. The highest BCUT2D eigenvalue weighted by Gasteiger charge is 2.38. The molecule has 6 nitrogen and oxygen atoms in total. The zero-order valence-electron chi connectivity index (χ0n) is 11.0. The van der Waals surface area contributed by atoms with Gasteiger partial charge in [0.05, 0.1) is 5.69 Å². The van der Waals surface area contributed by atoms with Crippen LogP contribution in [-0.2, 0) is 9.53 Å². The number of hydrogen-bond donors (Lipinski definition) is 3. The maximum Gasteiger partial charge on any atom is 0.256 e. The van der Waals surface area contributed by atoms with E-state index in [2.05, 4.69) is 10.5 Å². The number of oxime groups is 1. The molecule has 0 aliphatic carbocycles. The van der Waals surface area contributed by atoms with E-state index in [1.54, 1.807) is 25.1 Å². The van der Waals surface area contributed by atoms with E-state index >= 15 is 0 Å². The quantitative estimate of drug-likeness (QED) is 0.344. The van der Waals surface area contributed by atoms with Gasteiger partial charge in [0.25, 0.3) is 5.91 Å². The second kappa shape index (κ2) is 5.68. The lowest BCUT2D eigenvalue weighted by Crippen LogP contribution is -2.39. The molecule has 1 atom stereocenters. The lowest BCUT2D eigenvalue weighted by Gasteiger charge is -2.22. The van der Waals surface area contributed by atoms with E-state index in [1.807, 2.05) is 0 Å². The van der Waals surface area contributed by atoms with E-state index < -0.39 is 5.60 Å². The van der Waals surface area contributed by atoms with Gasteiger partial charge in [0.1, 0.15) is 5.60 Å². The number of anilines is 1. The normalized spacial score (nSPS) is 22.8. The lowest BCUT2D eigenvalue weighted by atomic mass is 10.0. The standard InChI is InChI=1S/C13H16ClN3O3/c1-13(5-2-6-20-13)12(18)16-10-7-8(14)3-4-9(10)11(15)17-19/h3-4,7,19H,2,5-6H2,1H3,(H2,15,17)(H,16,18). The molecule has 1 fully saturated rings. The van der Waals surface area contributed by atoms with E-state index in [9.17, 15) is 4.79 Å². The number of rotatable bonds is 3. The van der Waals surface area contributed by atoms with Crippen molar-refractivity contribution >= 4 is 29.0 Å². The topological polar surface area (TPSA) is 96.9 Å². The highest BCUT2D eigenvalue weighted by molar-refractivity contribution is 6.31. The molecule has 1 amide bonds. The van der Waals surface area contributed by atoms with Gasteiger partial charge in [-0.15, -0.1) is 0 Å². The summed E-state index contributed by atoms with van der Waals surface area (Å²) in [5.41, 5.74) is 5.50. The van der Waals surface area contributed by atoms with E-state index in [1.165, 1.54) is 0 Å². The Balaban J connectivity index is 2.28. The van der Waals surface area contributed by atoms with Gasteiger partial charge in [-0.3, -0.25) is 4.79 Å². The van der Waals surface area contributed by atoms with E-state index in [-0.39, 0.29) is 11.7 Å². The van der Waals surface area contributed by atoms with Gasteiger partial charge in [-0.1, -0.05) is 16.8 Å². The van der Waals surface area contributed by atoms with Crippen molar-refractivity contribution in [1.82, 2.24) is 0 Å². The smallest absolute Gasteiger partial charge is 0.256 e. The van der Waals surface area contributed by atoms with Gasteiger partial charge in [0, 0.05) is 17.2 Å². The summed E-state index contributed by atoms with van der Waals surface area (Å²) in [6.45, 7) is 2.30. The third-order valence-electron chi connectivity index (χ3n) is 3.31. The number of nitrogens with zero attached hydrogens (tertiary/aromatic N) is 1. The third-order valence-corrected chi connectivity index (χ3v) is 3.55. The van der Waals surface area contributed by atoms with Crippen LogP contribution in [0.3, 0.4) is 0 Å². The maximum atomic E-state index is 12.3. The summed E-state index contributed by atoms with van der Waals surface area (Å²) in [5.74, 6) is -0.376. The minimum Gasteiger partial charge on any atom is -0.409 e. The molecule has 1 aliphatic rings. The van der Waals surface area contributed by atoms with Crippen LogP contribution in [0.2, 0.25) is 5.02 Å². The van der Waals surface area contributed by atoms with Crippen molar-refractivity contribution in [2.75, 3.05) is 11.9 Å². The first kappa shape index (κ1) is 14.6. The summed E-state index contributed by atoms with van der Waals surface area (Å²) in [4.78, 5) is 12.3. The predicted molar refractivity (Wildman–Crippen MR) is 76.2 cm³/mol. The van der Waals surface area contributed by atoms with Crippen molar-refractivity contribution < 1.29 is 14.7 Å². The van der Waals surface area contributed by atoms with Crippen LogP contribution in [0.1, 0.15) is 25.3 Å². The number of ether oxygens (including phenoxy) is 1. The molecule has 2 rings (SSSR count). The maximum absolute atomic E-state index is 12.3. The molecule has 1 saturated heterocycles. The van der Waals surface area contributed by atoms with Crippen molar-refractivity contribution in [3.05, 3.63) is 28.8 Å². The Kier molecular flexibility index (Phi) is 4.15. The fourth-order valence-corrected chi connectivity index (χ4v) is 2.28. The molecule has 1 aliphatic heterocycles. The highest BCUT2D eigenvalue weighted by atomic mass is 35.5. The number of carbonyl (C=O) groups excluding carboxylic acids is 1. The summed E-state index contributed by atoms with van der Waals surface area (Å²) in [6.07, 6.45) is 1.49. The van der Waals surface area contributed by atoms with Crippen LogP contribution in [0.5, 0.6) is 0 Å². The van der Waals surface area contributed by atoms with Crippen molar-refractivity contribution in [3.8, 4) is 0 Å². The Bertz CT molecular complexity index is 554. The molecule has 0 saturated carbocycles. The Hall–Kier alpha value is -1.79. The fourth-order valence-electron chi connectivity index (χ4n) is 2.11. The van der Waals surface area contributed by atoms with E-state index in [4.69, 9.17) is 27.3 Å². The molecular formula is C13H16ClN3O3. The van der Waals surface area contributed by atoms with Gasteiger partial charge in [-0.25, -0.2) is 0 Å². The largest absolute Gasteiger partial charge is 0.409 e. The molecular weight excluding hydrogens is 282 g/mol. The average Bonchev–Trinajstić information content (AvgIpc) is 2.86. The predicted octanol–water partition coefficient (Wildman–Crippen LogP) is 1.94. The van der Waals surface area contributed by atoms with Crippen LogP contribution in [0.4, 0.5) is 5.69 Å². The van der Waals surface area contributed by atoms with Crippen LogP contribution in [0.25, 0.3) is 0 Å². The summed E-state index contributed by atoms with van der Waals surface area (Å²) >= 11 is 5.92. The Morgan fingerprint density at radius 3 is 2.95 bits per heavy atom. The Labute approximate surface area is 121 Å². The zero-order valence-corrected chi connectivity index (χ0v) is 11.8. The SMILES string of the molecule is CC1(C(=O)Nc2cc(Cl)ccc2/C(N)=N/O)CCCO1. The van der Waals surface area contributed by atoms with Gasteiger partial charge < -0.3 is 21.0 Å². The molecule has 0 spiro atoms. The molecule has 1 aromatic carbocycles. The van der Waals surface area contributed by atoms with Crippen LogP contribution in [0.15, 0.2) is 23.4 Å². The van der Waals surface area contributed by atoms with Gasteiger partial charge in [-0.2, -0.15) is 0 Å². The van der Waals surface area contributed by atoms with Crippen molar-refractivity contribution in [2.24, 2.45) is 10.9 Å². The summed E-state index contributed by atoms with van der Waals surface area (Å²) in [6, 6.07) is 4.72. The minimum absolute atomic E-state index is 0.102. The van der Waals surface area contributed by atoms with Gasteiger partial charge >= 0.3 is 0 Å². The van der Waals surface area contributed by atoms with Gasteiger partial charge in [0.2, 0.25) is 0 Å². The van der Waals surface area contributed by atoms with Crippen LogP contribution < -0.4 is 11.1 Å². The number of nitrogens with one attached hydrogen (secondary N) is 1. The van der Waals surface area contributed by atoms with E-state index in [0.29, 0.717) is 29.3 Å². The molecule has 0 radical (unpaired) electrons. The van der Waals surface area contributed by atoms with Crippen molar-refractivity contribution in [2.45, 2.75) is 25.4 Å². The van der Waals surface area contributed by atoms with Gasteiger partial charge in [0.15, 0.2) is 5.84 Å². The first-order valence-corrected chi connectivity index (χ1v) is 6.57. The Morgan fingerprint density at radius 1 is 1.60 bits per heavy atom. The summed E-state index contributed by atoms with van der Waals surface area (Å²) in [7, 11) is 0. The minimum atomic E-state index is -0.856. The van der Waals surface area contributed by atoms with Gasteiger partial charge in [-0.05, 0) is 38.0 Å². The van der Waals surface area contributed by atoms with E-state index in [0.717, 1.165) is 6.42 Å².